The Morgan fingerprint density at radius 2 is 1.74 bits per heavy atom. The molecule has 3 rings (SSSR count). The molecule has 2 aliphatic rings. The van der Waals surface area contributed by atoms with Gasteiger partial charge in [-0.05, 0) is 111 Å². The number of carbonyl (C=O) groups excluding carboxylic acids is 1. The molecule has 2 heteroatoms. The van der Waals surface area contributed by atoms with E-state index < -0.39 is 0 Å². The van der Waals surface area contributed by atoms with E-state index in [0.717, 1.165) is 44.3 Å². The van der Waals surface area contributed by atoms with Gasteiger partial charge in [0, 0.05) is 18.7 Å². The van der Waals surface area contributed by atoms with Gasteiger partial charge in [0.25, 0.3) is 5.91 Å². The number of hydrogen-bond acceptors (Lipinski definition) is 1. The van der Waals surface area contributed by atoms with E-state index in [9.17, 15) is 4.79 Å². The number of nitrogens with zero attached hydrogens (tertiary/aromatic N) is 1. The van der Waals surface area contributed by atoms with E-state index in [2.05, 4.69) is 95.9 Å². The largest absolute Gasteiger partial charge is 0.339 e. The summed E-state index contributed by atoms with van der Waals surface area (Å²) in [7, 11) is 0. The number of aryl methyl sites for hydroxylation is 1. The molecule has 2 nitrogen and oxygen atoms in total. The maximum absolute atomic E-state index is 13.5. The van der Waals surface area contributed by atoms with Gasteiger partial charge in [-0.25, -0.2) is 0 Å². The lowest BCUT2D eigenvalue weighted by Crippen LogP contribution is -2.43. The standard InChI is InChI=1S/C33H49NO/c1-8-28-22-31(13-12-30(28)20-25(4)5)32(35)34-17-15-33(16-18-34)14-10-9-11-29(26(6)7)21-27(23-33)19-24(2)3/h9-14,22,24-25,27H,8,15-21,23H2,1-7H3/b11-9-,14-10-. The number of piperidine rings is 1. The van der Waals surface area contributed by atoms with Gasteiger partial charge < -0.3 is 4.90 Å². The summed E-state index contributed by atoms with van der Waals surface area (Å²) in [5, 5.41) is 0. The predicted octanol–water partition coefficient (Wildman–Crippen LogP) is 8.57. The topological polar surface area (TPSA) is 20.3 Å². The second-order valence-electron chi connectivity index (χ2n) is 12.2. The van der Waals surface area contributed by atoms with Crippen molar-refractivity contribution < 1.29 is 4.79 Å². The van der Waals surface area contributed by atoms with E-state index in [1.807, 2.05) is 0 Å². The molecule has 1 aromatic rings. The third kappa shape index (κ3) is 7.45. The first-order chi connectivity index (χ1) is 16.6. The van der Waals surface area contributed by atoms with E-state index in [0.29, 0.717) is 17.8 Å². The highest BCUT2D eigenvalue weighted by molar-refractivity contribution is 5.94. The van der Waals surface area contributed by atoms with Crippen molar-refractivity contribution in [3.8, 4) is 0 Å². The quantitative estimate of drug-likeness (QED) is 0.403. The van der Waals surface area contributed by atoms with Gasteiger partial charge in [0.05, 0.1) is 0 Å². The molecule has 1 unspecified atom stereocenters. The van der Waals surface area contributed by atoms with Crippen molar-refractivity contribution in [1.29, 1.82) is 0 Å². The Hall–Kier alpha value is -2.09. The number of rotatable bonds is 6. The lowest BCUT2D eigenvalue weighted by atomic mass is 9.69. The Morgan fingerprint density at radius 1 is 1.03 bits per heavy atom. The Morgan fingerprint density at radius 3 is 2.34 bits per heavy atom. The zero-order valence-electron chi connectivity index (χ0n) is 23.5. The summed E-state index contributed by atoms with van der Waals surface area (Å²) < 4.78 is 0. The zero-order valence-corrected chi connectivity index (χ0v) is 23.5. The van der Waals surface area contributed by atoms with Crippen LogP contribution in [0.4, 0.5) is 0 Å². The molecular formula is C33H49NO. The highest BCUT2D eigenvalue weighted by Gasteiger charge is 2.36. The van der Waals surface area contributed by atoms with Crippen LogP contribution in [0.25, 0.3) is 0 Å². The number of carbonyl (C=O) groups is 1. The van der Waals surface area contributed by atoms with Gasteiger partial charge in [0.15, 0.2) is 0 Å². The summed E-state index contributed by atoms with van der Waals surface area (Å²) in [6.45, 7) is 17.6. The Balaban J connectivity index is 1.74. The third-order valence-corrected chi connectivity index (χ3v) is 8.02. The van der Waals surface area contributed by atoms with E-state index >= 15 is 0 Å². The summed E-state index contributed by atoms with van der Waals surface area (Å²) in [4.78, 5) is 15.6. The summed E-state index contributed by atoms with van der Waals surface area (Å²) in [5.41, 5.74) is 6.73. The summed E-state index contributed by atoms with van der Waals surface area (Å²) in [6.07, 6.45) is 17.2. The van der Waals surface area contributed by atoms with E-state index in [1.54, 1.807) is 0 Å². The van der Waals surface area contributed by atoms with Crippen LogP contribution in [0, 0.1) is 23.2 Å². The first-order valence-corrected chi connectivity index (χ1v) is 14.1. The number of benzene rings is 1. The fraction of sp³-hybridized carbons (Fsp3) is 0.606. The van der Waals surface area contributed by atoms with Gasteiger partial charge in [0.1, 0.15) is 0 Å². The summed E-state index contributed by atoms with van der Waals surface area (Å²) in [5.74, 6) is 2.24. The molecule has 1 saturated heterocycles. The molecule has 0 saturated carbocycles. The first-order valence-electron chi connectivity index (χ1n) is 14.1. The van der Waals surface area contributed by atoms with Crippen LogP contribution in [-0.2, 0) is 12.8 Å². The minimum Gasteiger partial charge on any atom is -0.339 e. The number of hydrogen-bond donors (Lipinski definition) is 0. The number of likely N-dealkylation sites (tertiary alicyclic amines) is 1. The van der Waals surface area contributed by atoms with Crippen molar-refractivity contribution in [3.63, 3.8) is 0 Å². The molecule has 0 bridgehead atoms. The second kappa shape index (κ2) is 12.2. The fourth-order valence-electron chi connectivity index (χ4n) is 6.17. The van der Waals surface area contributed by atoms with Crippen molar-refractivity contribution in [2.75, 3.05) is 13.1 Å². The van der Waals surface area contributed by atoms with Crippen molar-refractivity contribution in [2.45, 2.75) is 93.4 Å². The summed E-state index contributed by atoms with van der Waals surface area (Å²) in [6, 6.07) is 6.42. The van der Waals surface area contributed by atoms with Gasteiger partial charge in [-0.15, -0.1) is 0 Å². The van der Waals surface area contributed by atoms with Gasteiger partial charge in [-0.2, -0.15) is 0 Å². The molecule has 1 aliphatic carbocycles. The normalized spacial score (nSPS) is 22.1. The molecule has 1 heterocycles. The second-order valence-corrected chi connectivity index (χ2v) is 12.2. The van der Waals surface area contributed by atoms with Gasteiger partial charge in [-0.3, -0.25) is 4.79 Å². The maximum Gasteiger partial charge on any atom is 0.253 e. The van der Waals surface area contributed by atoms with Crippen molar-refractivity contribution in [3.05, 3.63) is 70.3 Å². The smallest absolute Gasteiger partial charge is 0.253 e. The molecule has 1 fully saturated rings. The molecule has 1 atom stereocenters. The molecule has 0 radical (unpaired) electrons. The van der Waals surface area contributed by atoms with Crippen molar-refractivity contribution in [1.82, 2.24) is 4.90 Å². The summed E-state index contributed by atoms with van der Waals surface area (Å²) >= 11 is 0. The average molecular weight is 476 g/mol. The molecule has 0 N–H and O–H groups in total. The minimum atomic E-state index is 0.202. The van der Waals surface area contributed by atoms with E-state index in [-0.39, 0.29) is 11.3 Å². The van der Waals surface area contributed by atoms with Crippen LogP contribution in [0.1, 0.15) is 102 Å². The highest BCUT2D eigenvalue weighted by Crippen LogP contribution is 2.43. The molecule has 1 spiro atoms. The van der Waals surface area contributed by atoms with Crippen molar-refractivity contribution >= 4 is 5.91 Å². The fourth-order valence-corrected chi connectivity index (χ4v) is 6.17. The van der Waals surface area contributed by atoms with Crippen LogP contribution >= 0.6 is 0 Å². The van der Waals surface area contributed by atoms with Crippen LogP contribution in [-0.4, -0.2) is 23.9 Å². The van der Waals surface area contributed by atoms with Gasteiger partial charge >= 0.3 is 0 Å². The Kier molecular flexibility index (Phi) is 9.62. The molecule has 1 aliphatic heterocycles. The molecule has 1 aromatic carbocycles. The lowest BCUT2D eigenvalue weighted by Gasteiger charge is -2.42. The molecule has 192 valence electrons. The van der Waals surface area contributed by atoms with Crippen LogP contribution in [0.15, 0.2) is 53.6 Å². The van der Waals surface area contributed by atoms with E-state index in [1.165, 1.54) is 41.5 Å². The van der Waals surface area contributed by atoms with Gasteiger partial charge in [0.2, 0.25) is 0 Å². The van der Waals surface area contributed by atoms with Crippen LogP contribution < -0.4 is 0 Å². The number of amides is 1. The highest BCUT2D eigenvalue weighted by atomic mass is 16.2. The zero-order chi connectivity index (χ0) is 25.6. The molecule has 35 heavy (non-hydrogen) atoms. The predicted molar refractivity (Wildman–Crippen MR) is 151 cm³/mol. The van der Waals surface area contributed by atoms with Gasteiger partial charge in [-0.1, -0.05) is 70.6 Å². The van der Waals surface area contributed by atoms with Crippen LogP contribution in [0.5, 0.6) is 0 Å². The average Bonchev–Trinajstić information content (AvgIpc) is 2.88. The Bertz CT molecular complexity index is 949. The molecule has 0 aromatic heterocycles. The lowest BCUT2D eigenvalue weighted by molar-refractivity contribution is 0.0604. The third-order valence-electron chi connectivity index (χ3n) is 8.02. The van der Waals surface area contributed by atoms with Crippen LogP contribution in [0.2, 0.25) is 0 Å². The van der Waals surface area contributed by atoms with Crippen LogP contribution in [0.3, 0.4) is 0 Å². The minimum absolute atomic E-state index is 0.202. The molecular weight excluding hydrogens is 426 g/mol. The monoisotopic (exact) mass is 475 g/mol. The number of allylic oxidation sites excluding steroid dienone is 6. The SMILES string of the molecule is CCc1cc(C(=O)N2CCC3(/C=C\C=C/C(=C(C)C)CC(CC(C)C)C3)CC2)ccc1CC(C)C. The Labute approximate surface area is 215 Å². The van der Waals surface area contributed by atoms with E-state index in [4.69, 9.17) is 0 Å². The first kappa shape index (κ1) is 27.5. The maximum atomic E-state index is 13.5. The van der Waals surface area contributed by atoms with Crippen molar-refractivity contribution in [2.24, 2.45) is 23.2 Å². The molecule has 1 amide bonds.